The molecule has 1 aliphatic heterocycles. The Morgan fingerprint density at radius 2 is 2.00 bits per heavy atom. The zero-order valence-electron chi connectivity index (χ0n) is 18.2. The summed E-state index contributed by atoms with van der Waals surface area (Å²) in [6.07, 6.45) is 5.97. The zero-order chi connectivity index (χ0) is 22.2. The van der Waals surface area contributed by atoms with Crippen molar-refractivity contribution in [2.75, 3.05) is 11.9 Å². The average Bonchev–Trinajstić information content (AvgIpc) is 3.25. The number of aromatic nitrogens is 4. The molecule has 3 heterocycles. The second-order valence-electron chi connectivity index (χ2n) is 9.52. The third-order valence-electron chi connectivity index (χ3n) is 5.83. The van der Waals surface area contributed by atoms with Gasteiger partial charge in [-0.05, 0) is 37.8 Å². The van der Waals surface area contributed by atoms with Crippen molar-refractivity contribution in [1.29, 1.82) is 0 Å². The van der Waals surface area contributed by atoms with Gasteiger partial charge in [0.05, 0.1) is 5.02 Å². The van der Waals surface area contributed by atoms with Gasteiger partial charge in [0.1, 0.15) is 30.1 Å². The van der Waals surface area contributed by atoms with E-state index in [1.54, 1.807) is 11.0 Å². The summed E-state index contributed by atoms with van der Waals surface area (Å²) in [5.74, 6) is -0.0223. The van der Waals surface area contributed by atoms with Gasteiger partial charge in [-0.1, -0.05) is 37.7 Å². The van der Waals surface area contributed by atoms with Crippen LogP contribution >= 0.6 is 11.6 Å². The van der Waals surface area contributed by atoms with Crippen LogP contribution in [0.15, 0.2) is 17.2 Å². The van der Waals surface area contributed by atoms with E-state index in [0.29, 0.717) is 26.2 Å². The SMILES string of the molecule is C[Si](C)(C)CCOCn1cnc(Nc2cc(Cl)c3n(c2=O)C2(CCCCC2)NC3=O)n1. The molecule has 1 amide bonds. The Kier molecular flexibility index (Phi) is 5.97. The first-order valence-electron chi connectivity index (χ1n) is 10.7. The van der Waals surface area contributed by atoms with Gasteiger partial charge in [-0.2, -0.15) is 0 Å². The van der Waals surface area contributed by atoms with Crippen molar-refractivity contribution in [3.05, 3.63) is 33.5 Å². The molecule has 0 aromatic carbocycles. The molecule has 31 heavy (non-hydrogen) atoms. The van der Waals surface area contributed by atoms with E-state index in [-0.39, 0.29) is 33.8 Å². The standard InChI is InChI=1S/C20H29ClN6O3Si/c1-31(2,3)10-9-30-13-26-12-22-19(25-26)23-15-11-14(21)16-17(28)24-20(27(16)18(15)29)7-5-4-6-8-20/h11-12H,4-10,13H2,1-3H3,(H,23,25)(H,24,28). The molecule has 1 spiro atoms. The average molecular weight is 465 g/mol. The molecular weight excluding hydrogens is 436 g/mol. The van der Waals surface area contributed by atoms with Gasteiger partial charge in [-0.15, -0.1) is 5.10 Å². The molecule has 1 saturated carbocycles. The lowest BCUT2D eigenvalue weighted by Crippen LogP contribution is -2.48. The first-order valence-corrected chi connectivity index (χ1v) is 14.8. The molecule has 0 radical (unpaired) electrons. The molecule has 0 unspecified atom stereocenters. The maximum absolute atomic E-state index is 13.3. The van der Waals surface area contributed by atoms with E-state index in [1.165, 1.54) is 10.6 Å². The van der Waals surface area contributed by atoms with Crippen LogP contribution in [-0.4, -0.2) is 39.9 Å². The molecule has 0 bridgehead atoms. The summed E-state index contributed by atoms with van der Waals surface area (Å²) >= 11 is 6.41. The van der Waals surface area contributed by atoms with Crippen LogP contribution in [0.5, 0.6) is 0 Å². The Morgan fingerprint density at radius 1 is 1.26 bits per heavy atom. The molecule has 1 fully saturated rings. The van der Waals surface area contributed by atoms with Gasteiger partial charge in [0, 0.05) is 14.7 Å². The summed E-state index contributed by atoms with van der Waals surface area (Å²) in [6, 6.07) is 2.55. The van der Waals surface area contributed by atoms with Gasteiger partial charge in [0.25, 0.3) is 11.5 Å². The van der Waals surface area contributed by atoms with Crippen LogP contribution in [0, 0.1) is 0 Å². The Bertz CT molecular complexity index is 1040. The molecule has 2 aromatic rings. The maximum atomic E-state index is 13.3. The molecule has 2 aliphatic rings. The van der Waals surface area contributed by atoms with Gasteiger partial charge in [-0.3, -0.25) is 14.2 Å². The minimum Gasteiger partial charge on any atom is -0.359 e. The highest BCUT2D eigenvalue weighted by Crippen LogP contribution is 2.38. The van der Waals surface area contributed by atoms with Gasteiger partial charge in [0.2, 0.25) is 5.95 Å². The smallest absolute Gasteiger partial charge is 0.276 e. The number of pyridine rings is 1. The Labute approximate surface area is 187 Å². The lowest BCUT2D eigenvalue weighted by Gasteiger charge is -2.35. The van der Waals surface area contributed by atoms with Crippen LogP contribution < -0.4 is 16.2 Å². The second kappa shape index (κ2) is 8.40. The van der Waals surface area contributed by atoms with Crippen molar-refractivity contribution in [1.82, 2.24) is 24.6 Å². The summed E-state index contributed by atoms with van der Waals surface area (Å²) in [5.41, 5.74) is -0.525. The fourth-order valence-electron chi connectivity index (χ4n) is 4.18. The van der Waals surface area contributed by atoms with E-state index in [9.17, 15) is 9.59 Å². The number of carbonyl (C=O) groups is 1. The summed E-state index contributed by atoms with van der Waals surface area (Å²) in [6.45, 7) is 7.88. The van der Waals surface area contributed by atoms with Gasteiger partial charge in [-0.25, -0.2) is 9.67 Å². The predicted octanol–water partition coefficient (Wildman–Crippen LogP) is 3.51. The molecule has 0 atom stereocenters. The molecule has 0 saturated heterocycles. The normalized spacial score (nSPS) is 17.6. The number of halogens is 1. The number of hydrogen-bond acceptors (Lipinski definition) is 6. The number of nitrogens with zero attached hydrogens (tertiary/aromatic N) is 4. The monoisotopic (exact) mass is 464 g/mol. The Hall–Kier alpha value is -2.17. The molecule has 4 rings (SSSR count). The summed E-state index contributed by atoms with van der Waals surface area (Å²) in [4.78, 5) is 30.1. The number of carbonyl (C=O) groups excluding carboxylic acids is 1. The van der Waals surface area contributed by atoms with Crippen LogP contribution in [0.25, 0.3) is 0 Å². The lowest BCUT2D eigenvalue weighted by molar-refractivity contribution is 0.0785. The van der Waals surface area contributed by atoms with Crippen molar-refractivity contribution in [3.8, 4) is 0 Å². The minimum absolute atomic E-state index is 0.230. The van der Waals surface area contributed by atoms with E-state index >= 15 is 0 Å². The molecule has 1 aliphatic carbocycles. The zero-order valence-corrected chi connectivity index (χ0v) is 20.0. The summed E-state index contributed by atoms with van der Waals surface area (Å²) in [5, 5.41) is 10.5. The first-order chi connectivity index (χ1) is 14.7. The summed E-state index contributed by atoms with van der Waals surface area (Å²) in [7, 11) is -1.14. The molecule has 11 heteroatoms. The minimum atomic E-state index is -1.14. The third kappa shape index (κ3) is 4.56. The van der Waals surface area contributed by atoms with E-state index in [0.717, 1.165) is 25.3 Å². The highest BCUT2D eigenvalue weighted by Gasteiger charge is 2.45. The van der Waals surface area contributed by atoms with Gasteiger partial charge < -0.3 is 15.4 Å². The van der Waals surface area contributed by atoms with Crippen molar-refractivity contribution in [2.45, 2.75) is 70.2 Å². The first kappa shape index (κ1) is 22.0. The number of amides is 1. The van der Waals surface area contributed by atoms with Crippen molar-refractivity contribution >= 4 is 37.2 Å². The topological polar surface area (TPSA) is 103 Å². The molecule has 9 nitrogen and oxygen atoms in total. The number of hydrogen-bond donors (Lipinski definition) is 2. The van der Waals surface area contributed by atoms with Crippen LogP contribution in [0.4, 0.5) is 11.6 Å². The number of fused-ring (bicyclic) bond motifs is 2. The van der Waals surface area contributed by atoms with Gasteiger partial charge in [0.15, 0.2) is 0 Å². The quantitative estimate of drug-likeness (QED) is 0.480. The highest BCUT2D eigenvalue weighted by molar-refractivity contribution is 6.76. The maximum Gasteiger partial charge on any atom is 0.276 e. The fourth-order valence-corrected chi connectivity index (χ4v) is 5.21. The predicted molar refractivity (Wildman–Crippen MR) is 122 cm³/mol. The van der Waals surface area contributed by atoms with Gasteiger partial charge >= 0.3 is 0 Å². The fraction of sp³-hybridized carbons (Fsp3) is 0.600. The lowest BCUT2D eigenvalue weighted by atomic mass is 9.89. The van der Waals surface area contributed by atoms with Crippen molar-refractivity contribution in [3.63, 3.8) is 0 Å². The van der Waals surface area contributed by atoms with Crippen LogP contribution in [0.1, 0.15) is 42.6 Å². The van der Waals surface area contributed by atoms with E-state index in [4.69, 9.17) is 16.3 Å². The number of rotatable bonds is 7. The van der Waals surface area contributed by atoms with Crippen LogP contribution in [0.3, 0.4) is 0 Å². The van der Waals surface area contributed by atoms with Crippen molar-refractivity contribution in [2.24, 2.45) is 0 Å². The summed E-state index contributed by atoms with van der Waals surface area (Å²) < 4.78 is 8.80. The van der Waals surface area contributed by atoms with Crippen LogP contribution in [-0.2, 0) is 17.1 Å². The van der Waals surface area contributed by atoms with E-state index in [2.05, 4.69) is 40.4 Å². The third-order valence-corrected chi connectivity index (χ3v) is 7.82. The van der Waals surface area contributed by atoms with Crippen molar-refractivity contribution < 1.29 is 9.53 Å². The highest BCUT2D eigenvalue weighted by atomic mass is 35.5. The van der Waals surface area contributed by atoms with E-state index in [1.807, 2.05) is 0 Å². The number of nitrogens with one attached hydrogen (secondary N) is 2. The Morgan fingerprint density at radius 3 is 2.71 bits per heavy atom. The van der Waals surface area contributed by atoms with Crippen LogP contribution in [0.2, 0.25) is 30.7 Å². The largest absolute Gasteiger partial charge is 0.359 e. The second-order valence-corrected chi connectivity index (χ2v) is 15.6. The molecule has 2 aromatic heterocycles. The number of anilines is 2. The molecular formula is C20H29ClN6O3Si. The Balaban J connectivity index is 1.52. The molecule has 168 valence electrons. The van der Waals surface area contributed by atoms with E-state index < -0.39 is 13.7 Å². The molecule has 2 N–H and O–H groups in total. The number of ether oxygens (including phenoxy) is 1.